The standard InChI is InChI=1S/C21H20F3N3O3/c22-15-3-1-2-13(6-15)7-19(28)25-4-5-26-21(30)14-8-20(29)27(12-14)18-10-16(23)9-17(24)11-18/h1-3,6,9-11,14H,4-5,7-8,12H2,(H,25,28)(H,26,30). The highest BCUT2D eigenvalue weighted by atomic mass is 19.1. The number of nitrogens with zero attached hydrogens (tertiary/aromatic N) is 1. The van der Waals surface area contributed by atoms with Crippen LogP contribution in [0.4, 0.5) is 18.9 Å². The summed E-state index contributed by atoms with van der Waals surface area (Å²) in [6, 6.07) is 8.49. The van der Waals surface area contributed by atoms with E-state index in [2.05, 4.69) is 10.6 Å². The van der Waals surface area contributed by atoms with Gasteiger partial charge in [0.25, 0.3) is 0 Å². The molecule has 3 rings (SSSR count). The minimum atomic E-state index is -0.806. The van der Waals surface area contributed by atoms with Gasteiger partial charge in [0, 0.05) is 37.8 Å². The van der Waals surface area contributed by atoms with Gasteiger partial charge in [-0.25, -0.2) is 13.2 Å². The van der Waals surface area contributed by atoms with Gasteiger partial charge in [0.15, 0.2) is 0 Å². The van der Waals surface area contributed by atoms with E-state index in [1.165, 1.54) is 23.1 Å². The minimum absolute atomic E-state index is 0.0134. The summed E-state index contributed by atoms with van der Waals surface area (Å²) in [4.78, 5) is 37.5. The van der Waals surface area contributed by atoms with Gasteiger partial charge in [-0.05, 0) is 29.8 Å². The topological polar surface area (TPSA) is 78.5 Å². The van der Waals surface area contributed by atoms with Gasteiger partial charge >= 0.3 is 0 Å². The lowest BCUT2D eigenvalue weighted by Crippen LogP contribution is -2.38. The number of halogens is 3. The quantitative estimate of drug-likeness (QED) is 0.674. The number of benzene rings is 2. The van der Waals surface area contributed by atoms with E-state index in [0.717, 1.165) is 12.1 Å². The molecule has 0 saturated carbocycles. The molecular formula is C21H20F3N3O3. The Kier molecular flexibility index (Phi) is 6.71. The van der Waals surface area contributed by atoms with Crippen LogP contribution >= 0.6 is 0 Å². The lowest BCUT2D eigenvalue weighted by atomic mass is 10.1. The van der Waals surface area contributed by atoms with E-state index >= 15 is 0 Å². The second-order valence-corrected chi connectivity index (χ2v) is 6.98. The number of hydrogen-bond acceptors (Lipinski definition) is 3. The van der Waals surface area contributed by atoms with Crippen molar-refractivity contribution in [3.8, 4) is 0 Å². The van der Waals surface area contributed by atoms with Gasteiger partial charge in [0.05, 0.1) is 12.3 Å². The Bertz CT molecular complexity index is 947. The van der Waals surface area contributed by atoms with Crippen LogP contribution < -0.4 is 15.5 Å². The van der Waals surface area contributed by atoms with Gasteiger partial charge in [-0.15, -0.1) is 0 Å². The fourth-order valence-electron chi connectivity index (χ4n) is 3.25. The number of nitrogens with one attached hydrogen (secondary N) is 2. The number of hydrogen-bond donors (Lipinski definition) is 2. The Morgan fingerprint density at radius 3 is 2.37 bits per heavy atom. The Labute approximate surface area is 171 Å². The lowest BCUT2D eigenvalue weighted by Gasteiger charge is -2.17. The zero-order chi connectivity index (χ0) is 21.7. The summed E-state index contributed by atoms with van der Waals surface area (Å²) >= 11 is 0. The van der Waals surface area contributed by atoms with Crippen molar-refractivity contribution in [2.45, 2.75) is 12.8 Å². The molecule has 0 aromatic heterocycles. The summed E-state index contributed by atoms with van der Waals surface area (Å²) in [5, 5.41) is 5.24. The average molecular weight is 419 g/mol. The Hall–Kier alpha value is -3.36. The molecule has 1 heterocycles. The molecule has 2 N–H and O–H groups in total. The van der Waals surface area contributed by atoms with Gasteiger partial charge < -0.3 is 15.5 Å². The van der Waals surface area contributed by atoms with Crippen molar-refractivity contribution in [2.24, 2.45) is 5.92 Å². The number of anilines is 1. The third kappa shape index (κ3) is 5.59. The molecule has 1 aliphatic heterocycles. The maximum Gasteiger partial charge on any atom is 0.227 e. The highest BCUT2D eigenvalue weighted by Gasteiger charge is 2.35. The van der Waals surface area contributed by atoms with E-state index in [1.807, 2.05) is 0 Å². The molecule has 0 aliphatic carbocycles. The first-order valence-electron chi connectivity index (χ1n) is 9.37. The zero-order valence-corrected chi connectivity index (χ0v) is 16.0. The van der Waals surface area contributed by atoms with Crippen LogP contribution in [0.1, 0.15) is 12.0 Å². The summed E-state index contributed by atoms with van der Waals surface area (Å²) < 4.78 is 39.9. The highest BCUT2D eigenvalue weighted by Crippen LogP contribution is 2.26. The molecule has 0 radical (unpaired) electrons. The van der Waals surface area contributed by atoms with Crippen molar-refractivity contribution in [3.05, 3.63) is 65.5 Å². The minimum Gasteiger partial charge on any atom is -0.354 e. The third-order valence-electron chi connectivity index (χ3n) is 4.65. The predicted molar refractivity (Wildman–Crippen MR) is 103 cm³/mol. The summed E-state index contributed by atoms with van der Waals surface area (Å²) in [6.07, 6.45) is -0.0577. The van der Waals surface area contributed by atoms with Crippen molar-refractivity contribution in [1.82, 2.24) is 10.6 Å². The Balaban J connectivity index is 1.43. The highest BCUT2D eigenvalue weighted by molar-refractivity contribution is 6.00. The van der Waals surface area contributed by atoms with Crippen molar-refractivity contribution in [3.63, 3.8) is 0 Å². The van der Waals surface area contributed by atoms with Crippen LogP contribution in [0.2, 0.25) is 0 Å². The first kappa shape index (κ1) is 21.4. The van der Waals surface area contributed by atoms with Crippen LogP contribution in [0.3, 0.4) is 0 Å². The van der Waals surface area contributed by atoms with Gasteiger partial charge in [0.1, 0.15) is 17.5 Å². The number of carbonyl (C=O) groups is 3. The largest absolute Gasteiger partial charge is 0.354 e. The Morgan fingerprint density at radius 1 is 0.967 bits per heavy atom. The summed E-state index contributed by atoms with van der Waals surface area (Å²) in [5.41, 5.74) is 0.604. The summed E-state index contributed by atoms with van der Waals surface area (Å²) in [5.74, 6) is -3.80. The molecule has 1 atom stereocenters. The van der Waals surface area contributed by atoms with Crippen molar-refractivity contribution in [1.29, 1.82) is 0 Å². The van der Waals surface area contributed by atoms with Crippen molar-refractivity contribution < 1.29 is 27.6 Å². The van der Waals surface area contributed by atoms with Crippen LogP contribution in [0.15, 0.2) is 42.5 Å². The molecule has 1 fully saturated rings. The monoisotopic (exact) mass is 419 g/mol. The fourth-order valence-corrected chi connectivity index (χ4v) is 3.25. The van der Waals surface area contributed by atoms with Crippen LogP contribution in [-0.4, -0.2) is 37.4 Å². The molecule has 3 amide bonds. The molecule has 2 aromatic carbocycles. The maximum absolute atomic E-state index is 13.4. The normalized spacial score (nSPS) is 15.9. The van der Waals surface area contributed by atoms with Crippen molar-refractivity contribution >= 4 is 23.4 Å². The predicted octanol–water partition coefficient (Wildman–Crippen LogP) is 1.93. The second-order valence-electron chi connectivity index (χ2n) is 6.98. The molecule has 2 aromatic rings. The molecule has 30 heavy (non-hydrogen) atoms. The summed E-state index contributed by atoms with van der Waals surface area (Å²) in [6.45, 7) is 0.325. The van der Waals surface area contributed by atoms with E-state index in [-0.39, 0.29) is 50.0 Å². The van der Waals surface area contributed by atoms with E-state index in [4.69, 9.17) is 0 Å². The number of rotatable bonds is 7. The van der Waals surface area contributed by atoms with E-state index in [0.29, 0.717) is 11.6 Å². The molecule has 9 heteroatoms. The molecule has 6 nitrogen and oxygen atoms in total. The Morgan fingerprint density at radius 2 is 1.67 bits per heavy atom. The van der Waals surface area contributed by atoms with Gasteiger partial charge in [-0.1, -0.05) is 12.1 Å². The van der Waals surface area contributed by atoms with Gasteiger partial charge in [-0.2, -0.15) is 0 Å². The average Bonchev–Trinajstić information content (AvgIpc) is 3.06. The molecule has 0 spiro atoms. The lowest BCUT2D eigenvalue weighted by molar-refractivity contribution is -0.126. The van der Waals surface area contributed by atoms with E-state index < -0.39 is 29.3 Å². The zero-order valence-electron chi connectivity index (χ0n) is 16.0. The molecule has 1 unspecified atom stereocenters. The molecule has 1 aliphatic rings. The smallest absolute Gasteiger partial charge is 0.227 e. The number of amides is 3. The van der Waals surface area contributed by atoms with Crippen LogP contribution in [0.5, 0.6) is 0 Å². The second kappa shape index (κ2) is 9.43. The fraction of sp³-hybridized carbons (Fsp3) is 0.286. The van der Waals surface area contributed by atoms with Gasteiger partial charge in [-0.3, -0.25) is 14.4 Å². The first-order valence-corrected chi connectivity index (χ1v) is 9.37. The molecular weight excluding hydrogens is 399 g/mol. The van der Waals surface area contributed by atoms with Crippen LogP contribution in [0.25, 0.3) is 0 Å². The van der Waals surface area contributed by atoms with E-state index in [9.17, 15) is 27.6 Å². The van der Waals surface area contributed by atoms with Crippen molar-refractivity contribution in [2.75, 3.05) is 24.5 Å². The maximum atomic E-state index is 13.4. The molecule has 0 bridgehead atoms. The molecule has 158 valence electrons. The van der Waals surface area contributed by atoms with Gasteiger partial charge in [0.2, 0.25) is 17.7 Å². The van der Waals surface area contributed by atoms with Crippen LogP contribution in [0, 0.1) is 23.4 Å². The third-order valence-corrected chi connectivity index (χ3v) is 4.65. The number of carbonyl (C=O) groups excluding carboxylic acids is 3. The summed E-state index contributed by atoms with van der Waals surface area (Å²) in [7, 11) is 0. The van der Waals surface area contributed by atoms with Crippen LogP contribution in [-0.2, 0) is 20.8 Å². The van der Waals surface area contributed by atoms with E-state index in [1.54, 1.807) is 6.07 Å². The molecule has 1 saturated heterocycles. The first-order chi connectivity index (χ1) is 14.3. The SMILES string of the molecule is O=C(Cc1cccc(F)c1)NCCNC(=O)C1CC(=O)N(c2cc(F)cc(F)c2)C1.